The summed E-state index contributed by atoms with van der Waals surface area (Å²) in [6.45, 7) is 3.00. The van der Waals surface area contributed by atoms with Gasteiger partial charge in [-0.2, -0.15) is 0 Å². The minimum Gasteiger partial charge on any atom is -0.306 e. The molecular formula is C16H15BrCl3N. The molecule has 0 aliphatic carbocycles. The van der Waals surface area contributed by atoms with Crippen molar-refractivity contribution in [2.75, 3.05) is 6.54 Å². The number of benzene rings is 2. The van der Waals surface area contributed by atoms with E-state index in [2.05, 4.69) is 28.2 Å². The molecule has 0 spiro atoms. The van der Waals surface area contributed by atoms with Gasteiger partial charge in [0.05, 0.1) is 6.04 Å². The molecule has 21 heavy (non-hydrogen) atoms. The zero-order valence-corrected chi connectivity index (χ0v) is 15.3. The van der Waals surface area contributed by atoms with Crippen molar-refractivity contribution < 1.29 is 0 Å². The molecule has 1 N–H and O–H groups in total. The van der Waals surface area contributed by atoms with Crippen molar-refractivity contribution in [2.45, 2.75) is 19.4 Å². The first-order valence-corrected chi connectivity index (χ1v) is 8.58. The lowest BCUT2D eigenvalue weighted by Gasteiger charge is -2.21. The van der Waals surface area contributed by atoms with Gasteiger partial charge in [0, 0.05) is 19.5 Å². The van der Waals surface area contributed by atoms with Crippen molar-refractivity contribution in [2.24, 2.45) is 0 Å². The Morgan fingerprint density at radius 2 is 1.81 bits per heavy atom. The summed E-state index contributed by atoms with van der Waals surface area (Å²) < 4.78 is 0.937. The van der Waals surface area contributed by atoms with E-state index in [0.29, 0.717) is 15.1 Å². The van der Waals surface area contributed by atoms with Crippen LogP contribution in [0.3, 0.4) is 0 Å². The first-order chi connectivity index (χ1) is 10.0. The Morgan fingerprint density at radius 3 is 2.48 bits per heavy atom. The van der Waals surface area contributed by atoms with Gasteiger partial charge in [-0.3, -0.25) is 0 Å². The molecule has 0 bridgehead atoms. The van der Waals surface area contributed by atoms with Crippen LogP contribution in [0.2, 0.25) is 15.1 Å². The van der Waals surface area contributed by atoms with Crippen molar-refractivity contribution in [3.63, 3.8) is 0 Å². The summed E-state index contributed by atoms with van der Waals surface area (Å²) in [5, 5.41) is 5.53. The lowest BCUT2D eigenvalue weighted by molar-refractivity contribution is 0.598. The molecule has 1 atom stereocenters. The van der Waals surface area contributed by atoms with E-state index in [4.69, 9.17) is 34.8 Å². The van der Waals surface area contributed by atoms with Crippen LogP contribution in [0.15, 0.2) is 40.9 Å². The number of halogens is 4. The molecule has 2 aromatic carbocycles. The van der Waals surface area contributed by atoms with Gasteiger partial charge in [-0.15, -0.1) is 0 Å². The molecule has 2 rings (SSSR count). The zero-order chi connectivity index (χ0) is 15.4. The molecule has 0 aliphatic heterocycles. The summed E-state index contributed by atoms with van der Waals surface area (Å²) in [6.07, 6.45) is 1.02. The molecule has 0 aromatic heterocycles. The van der Waals surface area contributed by atoms with Crippen LogP contribution in [0.25, 0.3) is 0 Å². The summed E-state index contributed by atoms with van der Waals surface area (Å²) >= 11 is 22.1. The summed E-state index contributed by atoms with van der Waals surface area (Å²) in [7, 11) is 0. The van der Waals surface area contributed by atoms with Crippen molar-refractivity contribution >= 4 is 50.7 Å². The average Bonchev–Trinajstić information content (AvgIpc) is 2.42. The molecule has 1 unspecified atom stereocenters. The Bertz CT molecular complexity index is 611. The van der Waals surface area contributed by atoms with Crippen molar-refractivity contribution in [3.05, 3.63) is 67.1 Å². The first kappa shape index (κ1) is 17.1. The molecule has 0 fully saturated rings. The Labute approximate surface area is 148 Å². The molecular weight excluding hydrogens is 392 g/mol. The van der Waals surface area contributed by atoms with Gasteiger partial charge in [-0.25, -0.2) is 0 Å². The van der Waals surface area contributed by atoms with Gasteiger partial charge in [-0.1, -0.05) is 57.7 Å². The predicted molar refractivity (Wildman–Crippen MR) is 95.8 cm³/mol. The third kappa shape index (κ3) is 4.61. The summed E-state index contributed by atoms with van der Waals surface area (Å²) in [5.74, 6) is 0. The van der Waals surface area contributed by atoms with E-state index in [1.165, 1.54) is 0 Å². The second-order valence-corrected chi connectivity index (χ2v) is 6.95. The van der Waals surface area contributed by atoms with E-state index < -0.39 is 0 Å². The summed E-state index contributed by atoms with van der Waals surface area (Å²) in [6, 6.07) is 11.3. The van der Waals surface area contributed by atoms with E-state index in [-0.39, 0.29) is 6.04 Å². The summed E-state index contributed by atoms with van der Waals surface area (Å²) in [4.78, 5) is 0. The van der Waals surface area contributed by atoms with Gasteiger partial charge < -0.3 is 5.32 Å². The van der Waals surface area contributed by atoms with E-state index in [0.717, 1.165) is 28.6 Å². The van der Waals surface area contributed by atoms with E-state index in [9.17, 15) is 0 Å². The van der Waals surface area contributed by atoms with Gasteiger partial charge >= 0.3 is 0 Å². The van der Waals surface area contributed by atoms with Crippen LogP contribution in [0.4, 0.5) is 0 Å². The molecule has 0 saturated carbocycles. The van der Waals surface area contributed by atoms with Crippen LogP contribution >= 0.6 is 50.7 Å². The van der Waals surface area contributed by atoms with Crippen LogP contribution in [0.5, 0.6) is 0 Å². The minimum atomic E-state index is -0.0499. The van der Waals surface area contributed by atoms with Gasteiger partial charge in [0.25, 0.3) is 0 Å². The van der Waals surface area contributed by atoms with Gasteiger partial charge in [0.15, 0.2) is 0 Å². The highest BCUT2D eigenvalue weighted by Crippen LogP contribution is 2.33. The SMILES string of the molecule is CCCNC(c1cc(Cl)cc(Br)c1)c1cc(Cl)ccc1Cl. The molecule has 5 heteroatoms. The summed E-state index contributed by atoms with van der Waals surface area (Å²) in [5.41, 5.74) is 2.00. The van der Waals surface area contributed by atoms with Gasteiger partial charge in [-0.05, 0) is 60.5 Å². The number of hydrogen-bond acceptors (Lipinski definition) is 1. The Kier molecular flexibility index (Phi) is 6.39. The van der Waals surface area contributed by atoms with E-state index in [1.807, 2.05) is 30.3 Å². The highest BCUT2D eigenvalue weighted by atomic mass is 79.9. The second-order valence-electron chi connectivity index (χ2n) is 4.76. The third-order valence-corrected chi connectivity index (χ3v) is 4.34. The van der Waals surface area contributed by atoms with Crippen molar-refractivity contribution in [3.8, 4) is 0 Å². The van der Waals surface area contributed by atoms with Crippen LogP contribution in [0, 0.1) is 0 Å². The standard InChI is InChI=1S/C16H15BrCl3N/c1-2-5-21-16(10-6-11(17)8-13(19)7-10)14-9-12(18)3-4-15(14)20/h3-4,6-9,16,21H,2,5H2,1H3. The fourth-order valence-corrected chi connectivity index (χ4v) is 3.47. The van der Waals surface area contributed by atoms with Crippen molar-refractivity contribution in [1.82, 2.24) is 5.32 Å². The molecule has 0 aliphatic rings. The molecule has 0 heterocycles. The topological polar surface area (TPSA) is 12.0 Å². The lowest BCUT2D eigenvalue weighted by atomic mass is 9.98. The monoisotopic (exact) mass is 405 g/mol. The molecule has 1 nitrogen and oxygen atoms in total. The van der Waals surface area contributed by atoms with Crippen LogP contribution in [-0.4, -0.2) is 6.54 Å². The maximum atomic E-state index is 6.36. The quantitative estimate of drug-likeness (QED) is 0.597. The normalized spacial score (nSPS) is 12.4. The van der Waals surface area contributed by atoms with E-state index >= 15 is 0 Å². The minimum absolute atomic E-state index is 0.0499. The maximum Gasteiger partial charge on any atom is 0.0592 e. The zero-order valence-electron chi connectivity index (χ0n) is 11.5. The van der Waals surface area contributed by atoms with Gasteiger partial charge in [0.2, 0.25) is 0 Å². The Balaban J connectivity index is 2.49. The average molecular weight is 408 g/mol. The molecule has 0 radical (unpaired) electrons. The van der Waals surface area contributed by atoms with Gasteiger partial charge in [0.1, 0.15) is 0 Å². The number of rotatable bonds is 5. The van der Waals surface area contributed by atoms with Crippen LogP contribution in [0.1, 0.15) is 30.5 Å². The highest BCUT2D eigenvalue weighted by molar-refractivity contribution is 9.10. The fraction of sp³-hybridized carbons (Fsp3) is 0.250. The fourth-order valence-electron chi connectivity index (χ4n) is 2.17. The Hall–Kier alpha value is -0.250. The van der Waals surface area contributed by atoms with E-state index in [1.54, 1.807) is 6.07 Å². The molecule has 112 valence electrons. The smallest absolute Gasteiger partial charge is 0.0592 e. The van der Waals surface area contributed by atoms with Crippen LogP contribution in [-0.2, 0) is 0 Å². The highest BCUT2D eigenvalue weighted by Gasteiger charge is 2.18. The van der Waals surface area contributed by atoms with Crippen molar-refractivity contribution in [1.29, 1.82) is 0 Å². The predicted octanol–water partition coefficient (Wildman–Crippen LogP) is 6.50. The Morgan fingerprint density at radius 1 is 1.05 bits per heavy atom. The molecule has 0 amide bonds. The van der Waals surface area contributed by atoms with Crippen LogP contribution < -0.4 is 5.32 Å². The first-order valence-electron chi connectivity index (χ1n) is 6.65. The lowest BCUT2D eigenvalue weighted by Crippen LogP contribution is -2.23. The largest absolute Gasteiger partial charge is 0.306 e. The number of nitrogens with one attached hydrogen (secondary N) is 1. The number of hydrogen-bond donors (Lipinski definition) is 1. The third-order valence-electron chi connectivity index (χ3n) is 3.09. The molecule has 2 aromatic rings. The second kappa shape index (κ2) is 7.85. The molecule has 0 saturated heterocycles. The maximum absolute atomic E-state index is 6.36.